The van der Waals surface area contributed by atoms with Crippen molar-refractivity contribution in [1.29, 1.82) is 0 Å². The van der Waals surface area contributed by atoms with Gasteiger partial charge < -0.3 is 4.90 Å². The van der Waals surface area contributed by atoms with E-state index in [1.807, 2.05) is 22.0 Å². The van der Waals surface area contributed by atoms with Crippen molar-refractivity contribution in [2.24, 2.45) is 0 Å². The average Bonchev–Trinajstić information content (AvgIpc) is 3.18. The minimum absolute atomic E-state index is 0.122. The van der Waals surface area contributed by atoms with Crippen molar-refractivity contribution >= 4 is 29.0 Å². The van der Waals surface area contributed by atoms with Crippen LogP contribution in [0.2, 0.25) is 0 Å². The van der Waals surface area contributed by atoms with E-state index in [4.69, 9.17) is 0 Å². The van der Waals surface area contributed by atoms with E-state index in [1.165, 1.54) is 6.33 Å². The molecule has 1 aliphatic heterocycles. The Labute approximate surface area is 125 Å². The summed E-state index contributed by atoms with van der Waals surface area (Å²) in [6, 6.07) is 0.122. The first-order valence-electron chi connectivity index (χ1n) is 6.43. The van der Waals surface area contributed by atoms with Gasteiger partial charge in [0, 0.05) is 36.0 Å². The van der Waals surface area contributed by atoms with Crippen LogP contribution in [0.3, 0.4) is 0 Å². The van der Waals surface area contributed by atoms with Gasteiger partial charge in [0.15, 0.2) is 0 Å². The minimum atomic E-state index is 0.122. The molecule has 2 aromatic heterocycles. The number of thiazole rings is 1. The first-order chi connectivity index (χ1) is 9.84. The summed E-state index contributed by atoms with van der Waals surface area (Å²) in [5.41, 5.74) is 0. The summed E-state index contributed by atoms with van der Waals surface area (Å²) in [4.78, 5) is 22.6. The highest BCUT2D eigenvalue weighted by molar-refractivity contribution is 7.99. The SMILES string of the molecule is O=C(CCn1cncn1)N1CCSC[C@H]1c1nccs1. The summed E-state index contributed by atoms with van der Waals surface area (Å²) >= 11 is 3.50. The Hall–Kier alpha value is -1.41. The van der Waals surface area contributed by atoms with Gasteiger partial charge in [-0.1, -0.05) is 0 Å². The summed E-state index contributed by atoms with van der Waals surface area (Å²) in [6.45, 7) is 1.37. The number of carbonyl (C=O) groups is 1. The smallest absolute Gasteiger partial charge is 0.225 e. The second kappa shape index (κ2) is 6.36. The van der Waals surface area contributed by atoms with Crippen molar-refractivity contribution in [3.8, 4) is 0 Å². The van der Waals surface area contributed by atoms with Crippen LogP contribution < -0.4 is 0 Å². The highest BCUT2D eigenvalue weighted by Gasteiger charge is 2.29. The average molecular weight is 309 g/mol. The Kier molecular flexibility index (Phi) is 4.31. The molecule has 0 unspecified atom stereocenters. The molecule has 3 rings (SSSR count). The van der Waals surface area contributed by atoms with Gasteiger partial charge >= 0.3 is 0 Å². The van der Waals surface area contributed by atoms with Crippen molar-refractivity contribution in [3.63, 3.8) is 0 Å². The Balaban J connectivity index is 1.65. The molecular weight excluding hydrogens is 294 g/mol. The van der Waals surface area contributed by atoms with Crippen molar-refractivity contribution in [3.05, 3.63) is 29.2 Å². The fourth-order valence-electron chi connectivity index (χ4n) is 2.21. The van der Waals surface area contributed by atoms with Crippen molar-refractivity contribution in [2.75, 3.05) is 18.1 Å². The van der Waals surface area contributed by atoms with Gasteiger partial charge in [0.25, 0.3) is 0 Å². The fourth-order valence-corrected chi connectivity index (χ4v) is 4.12. The number of amides is 1. The molecule has 0 bridgehead atoms. The molecule has 106 valence electrons. The minimum Gasteiger partial charge on any atom is -0.331 e. The van der Waals surface area contributed by atoms with Gasteiger partial charge in [-0.25, -0.2) is 9.97 Å². The first kappa shape index (κ1) is 13.6. The highest BCUT2D eigenvalue weighted by Crippen LogP contribution is 2.31. The second-order valence-corrected chi connectivity index (χ2v) is 6.53. The van der Waals surface area contributed by atoms with Crippen LogP contribution in [0.1, 0.15) is 17.5 Å². The monoisotopic (exact) mass is 309 g/mol. The lowest BCUT2D eigenvalue weighted by Gasteiger charge is -2.34. The van der Waals surface area contributed by atoms with Crippen LogP contribution in [0.4, 0.5) is 0 Å². The number of aromatic nitrogens is 4. The normalized spacial score (nSPS) is 19.2. The predicted molar refractivity (Wildman–Crippen MR) is 78.5 cm³/mol. The molecule has 1 aliphatic rings. The largest absolute Gasteiger partial charge is 0.331 e. The Morgan fingerprint density at radius 2 is 2.45 bits per heavy atom. The molecule has 2 aromatic rings. The number of carbonyl (C=O) groups excluding carboxylic acids is 1. The van der Waals surface area contributed by atoms with Crippen LogP contribution in [-0.2, 0) is 11.3 Å². The molecule has 1 amide bonds. The van der Waals surface area contributed by atoms with E-state index in [0.29, 0.717) is 13.0 Å². The summed E-state index contributed by atoms with van der Waals surface area (Å²) in [6.07, 6.45) is 5.38. The maximum absolute atomic E-state index is 12.4. The maximum atomic E-state index is 12.4. The molecule has 0 radical (unpaired) electrons. The number of hydrogen-bond donors (Lipinski definition) is 0. The topological polar surface area (TPSA) is 63.9 Å². The molecule has 0 spiro atoms. The Morgan fingerprint density at radius 3 is 3.20 bits per heavy atom. The van der Waals surface area contributed by atoms with E-state index < -0.39 is 0 Å². The summed E-state index contributed by atoms with van der Waals surface area (Å²) < 4.78 is 1.69. The lowest BCUT2D eigenvalue weighted by atomic mass is 10.2. The molecule has 0 aliphatic carbocycles. The third-order valence-corrected chi connectivity index (χ3v) is 5.11. The van der Waals surface area contributed by atoms with E-state index in [9.17, 15) is 4.79 Å². The Morgan fingerprint density at radius 1 is 1.50 bits per heavy atom. The molecule has 1 atom stereocenters. The molecular formula is C12H15N5OS2. The zero-order valence-corrected chi connectivity index (χ0v) is 12.5. The van der Waals surface area contributed by atoms with Gasteiger partial charge in [0.05, 0.1) is 12.6 Å². The summed E-state index contributed by atoms with van der Waals surface area (Å²) in [5, 5.41) is 7.02. The number of hydrogen-bond acceptors (Lipinski definition) is 6. The van der Waals surface area contributed by atoms with Crippen LogP contribution in [0.15, 0.2) is 24.2 Å². The number of aryl methyl sites for hydroxylation is 1. The third-order valence-electron chi connectivity index (χ3n) is 3.21. The summed E-state index contributed by atoms with van der Waals surface area (Å²) in [5.74, 6) is 2.10. The van der Waals surface area contributed by atoms with E-state index in [2.05, 4.69) is 15.1 Å². The summed E-state index contributed by atoms with van der Waals surface area (Å²) in [7, 11) is 0. The quantitative estimate of drug-likeness (QED) is 0.855. The molecule has 3 heterocycles. The van der Waals surface area contributed by atoms with E-state index in [0.717, 1.165) is 23.1 Å². The van der Waals surface area contributed by atoms with Gasteiger partial charge in [0.1, 0.15) is 17.7 Å². The van der Waals surface area contributed by atoms with Crippen LogP contribution in [0, 0.1) is 0 Å². The fraction of sp³-hybridized carbons (Fsp3) is 0.500. The molecule has 0 aromatic carbocycles. The molecule has 20 heavy (non-hydrogen) atoms. The van der Waals surface area contributed by atoms with Crippen molar-refractivity contribution < 1.29 is 4.79 Å². The highest BCUT2D eigenvalue weighted by atomic mass is 32.2. The van der Waals surface area contributed by atoms with E-state index in [-0.39, 0.29) is 11.9 Å². The van der Waals surface area contributed by atoms with Crippen LogP contribution in [0.25, 0.3) is 0 Å². The molecule has 8 heteroatoms. The number of thioether (sulfide) groups is 1. The van der Waals surface area contributed by atoms with Crippen molar-refractivity contribution in [2.45, 2.75) is 19.0 Å². The lowest BCUT2D eigenvalue weighted by Crippen LogP contribution is -2.41. The molecule has 6 nitrogen and oxygen atoms in total. The van der Waals surface area contributed by atoms with Crippen molar-refractivity contribution in [1.82, 2.24) is 24.6 Å². The van der Waals surface area contributed by atoms with Crippen LogP contribution in [0.5, 0.6) is 0 Å². The second-order valence-electron chi connectivity index (χ2n) is 4.46. The standard InChI is InChI=1S/C12H15N5OS2/c18-11(1-3-16-9-13-8-15-16)17-4-6-19-7-10(17)12-14-2-5-20-12/h2,5,8-10H,1,3-4,6-7H2/t10-/m0/s1. The molecule has 0 saturated carbocycles. The van der Waals surface area contributed by atoms with E-state index >= 15 is 0 Å². The van der Waals surface area contributed by atoms with Gasteiger partial charge in [-0.2, -0.15) is 16.9 Å². The number of nitrogens with zero attached hydrogens (tertiary/aromatic N) is 5. The van der Waals surface area contributed by atoms with Crippen LogP contribution in [-0.4, -0.2) is 48.6 Å². The van der Waals surface area contributed by atoms with Gasteiger partial charge in [-0.3, -0.25) is 9.48 Å². The first-order valence-corrected chi connectivity index (χ1v) is 8.47. The lowest BCUT2D eigenvalue weighted by molar-refractivity contribution is -0.133. The number of rotatable bonds is 4. The van der Waals surface area contributed by atoms with Crippen LogP contribution >= 0.6 is 23.1 Å². The molecule has 1 fully saturated rings. The van der Waals surface area contributed by atoms with Gasteiger partial charge in [-0.15, -0.1) is 11.3 Å². The molecule has 0 N–H and O–H groups in total. The zero-order chi connectivity index (χ0) is 13.8. The Bertz CT molecular complexity index is 542. The predicted octanol–water partition coefficient (Wildman–Crippen LogP) is 1.44. The third kappa shape index (κ3) is 3.01. The van der Waals surface area contributed by atoms with Gasteiger partial charge in [-0.05, 0) is 0 Å². The zero-order valence-electron chi connectivity index (χ0n) is 10.9. The van der Waals surface area contributed by atoms with E-state index in [1.54, 1.807) is 28.5 Å². The van der Waals surface area contributed by atoms with Gasteiger partial charge in [0.2, 0.25) is 5.91 Å². The maximum Gasteiger partial charge on any atom is 0.225 e. The molecule has 1 saturated heterocycles.